The molecule has 0 unspecified atom stereocenters. The first-order chi connectivity index (χ1) is 12.0. The van der Waals surface area contributed by atoms with Crippen molar-refractivity contribution in [3.05, 3.63) is 82.6 Å². The number of phenolic OH excluding ortho intramolecular Hbond substituents is 2. The third kappa shape index (κ3) is 3.98. The molecule has 0 heterocycles. The number of allylic oxidation sites excluding steroid dienone is 3. The molecule has 0 radical (unpaired) electrons. The number of hydrogen-bond donors (Lipinski definition) is 3. The van der Waals surface area contributed by atoms with Crippen LogP contribution in [0.5, 0.6) is 11.5 Å². The summed E-state index contributed by atoms with van der Waals surface area (Å²) >= 11 is 0. The van der Waals surface area contributed by atoms with Crippen LogP contribution in [0.2, 0.25) is 0 Å². The van der Waals surface area contributed by atoms with Crippen LogP contribution in [-0.4, -0.2) is 21.1 Å². The molecule has 3 rings (SSSR count). The van der Waals surface area contributed by atoms with Gasteiger partial charge in [0.25, 0.3) is 0 Å². The number of aromatic hydroxyl groups is 2. The molecular weight excluding hydrogens is 316 g/mol. The second-order valence-corrected chi connectivity index (χ2v) is 5.88. The van der Waals surface area contributed by atoms with Gasteiger partial charge in [-0.15, -0.1) is 0 Å². The molecule has 1 aliphatic carbocycles. The minimum Gasteiger partial charge on any atom is -0.508 e. The van der Waals surface area contributed by atoms with Crippen LogP contribution in [-0.2, 0) is 4.79 Å². The molecule has 2 aromatic rings. The zero-order chi connectivity index (χ0) is 17.8. The summed E-state index contributed by atoms with van der Waals surface area (Å²) in [4.78, 5) is 12.5. The predicted molar refractivity (Wildman–Crippen MR) is 97.1 cm³/mol. The van der Waals surface area contributed by atoms with Crippen LogP contribution in [0.3, 0.4) is 0 Å². The molecule has 25 heavy (non-hydrogen) atoms. The van der Waals surface area contributed by atoms with Crippen molar-refractivity contribution in [2.45, 2.75) is 12.8 Å². The molecule has 0 aliphatic heterocycles. The first-order valence-electron chi connectivity index (χ1n) is 7.96. The minimum absolute atomic E-state index is 0.0350. The molecular formula is C21H18O4. The number of benzene rings is 2. The largest absolute Gasteiger partial charge is 0.508 e. The van der Waals surface area contributed by atoms with Crippen LogP contribution in [0.15, 0.2) is 71.5 Å². The van der Waals surface area contributed by atoms with E-state index in [2.05, 4.69) is 0 Å². The van der Waals surface area contributed by atoms with Crippen LogP contribution >= 0.6 is 0 Å². The van der Waals surface area contributed by atoms with Crippen LogP contribution < -0.4 is 0 Å². The standard InChI is InChI=1S/C21H18O4/c22-17-7-1-14(2-8-17)5-12-20(24)19-11-6-16(21(19)25)13-15-3-9-18(23)10-4-15/h1-5,7-10,12-13,22-24H,6,11H2/b12-5+,16-13+,20-19-. The average molecular weight is 334 g/mol. The van der Waals surface area contributed by atoms with Gasteiger partial charge in [-0.2, -0.15) is 0 Å². The van der Waals surface area contributed by atoms with Crippen LogP contribution in [0.25, 0.3) is 12.2 Å². The summed E-state index contributed by atoms with van der Waals surface area (Å²) < 4.78 is 0. The fourth-order valence-electron chi connectivity index (χ4n) is 2.70. The maximum Gasteiger partial charge on any atom is 0.188 e. The van der Waals surface area contributed by atoms with Gasteiger partial charge in [-0.25, -0.2) is 0 Å². The molecule has 0 spiro atoms. The first kappa shape index (κ1) is 16.6. The summed E-state index contributed by atoms with van der Waals surface area (Å²) in [6, 6.07) is 13.2. The van der Waals surface area contributed by atoms with Crippen molar-refractivity contribution in [3.63, 3.8) is 0 Å². The third-order valence-electron chi connectivity index (χ3n) is 4.08. The van der Waals surface area contributed by atoms with E-state index in [0.29, 0.717) is 24.0 Å². The van der Waals surface area contributed by atoms with Gasteiger partial charge in [-0.3, -0.25) is 4.79 Å². The van der Waals surface area contributed by atoms with E-state index >= 15 is 0 Å². The van der Waals surface area contributed by atoms with Gasteiger partial charge in [0.1, 0.15) is 17.3 Å². The summed E-state index contributed by atoms with van der Waals surface area (Å²) in [6.07, 6.45) is 6.05. The molecule has 4 heteroatoms. The van der Waals surface area contributed by atoms with Gasteiger partial charge < -0.3 is 15.3 Å². The Kier molecular flexibility index (Phi) is 4.70. The number of hydrogen-bond acceptors (Lipinski definition) is 4. The molecule has 1 saturated carbocycles. The summed E-state index contributed by atoms with van der Waals surface area (Å²) in [7, 11) is 0. The predicted octanol–water partition coefficient (Wildman–Crippen LogP) is 4.37. The number of aliphatic hydroxyl groups is 1. The van der Waals surface area contributed by atoms with Gasteiger partial charge in [0, 0.05) is 11.1 Å². The van der Waals surface area contributed by atoms with E-state index in [1.165, 1.54) is 6.08 Å². The highest BCUT2D eigenvalue weighted by atomic mass is 16.3. The highest BCUT2D eigenvalue weighted by Crippen LogP contribution is 2.30. The van der Waals surface area contributed by atoms with Gasteiger partial charge >= 0.3 is 0 Å². The van der Waals surface area contributed by atoms with E-state index in [0.717, 1.165) is 11.1 Å². The van der Waals surface area contributed by atoms with Crippen molar-refractivity contribution in [2.24, 2.45) is 0 Å². The Balaban J connectivity index is 1.78. The molecule has 126 valence electrons. The number of rotatable bonds is 3. The maximum atomic E-state index is 12.5. The van der Waals surface area contributed by atoms with Gasteiger partial charge in [0.05, 0.1) is 0 Å². The molecule has 1 aliphatic rings. The second-order valence-electron chi connectivity index (χ2n) is 5.88. The highest BCUT2D eigenvalue weighted by Gasteiger charge is 2.25. The second kappa shape index (κ2) is 7.09. The van der Waals surface area contributed by atoms with Crippen LogP contribution in [0.4, 0.5) is 0 Å². The van der Waals surface area contributed by atoms with Crippen molar-refractivity contribution in [2.75, 3.05) is 0 Å². The normalized spacial score (nSPS) is 18.2. The van der Waals surface area contributed by atoms with Gasteiger partial charge in [-0.05, 0) is 60.4 Å². The third-order valence-corrected chi connectivity index (χ3v) is 4.08. The summed E-state index contributed by atoms with van der Waals surface area (Å²) in [5.41, 5.74) is 2.70. The Bertz CT molecular complexity index is 869. The quantitative estimate of drug-likeness (QED) is 0.575. The minimum atomic E-state index is -0.152. The molecule has 0 amide bonds. The molecule has 4 nitrogen and oxygen atoms in total. The van der Waals surface area contributed by atoms with Crippen LogP contribution in [0.1, 0.15) is 24.0 Å². The van der Waals surface area contributed by atoms with Gasteiger partial charge in [0.2, 0.25) is 0 Å². The SMILES string of the molecule is O=C1/C(=C(O)/C=C/c2ccc(O)cc2)CC/C1=C\c1ccc(O)cc1. The Morgan fingerprint density at radius 1 is 0.840 bits per heavy atom. The van der Waals surface area contributed by atoms with E-state index < -0.39 is 0 Å². The van der Waals surface area contributed by atoms with E-state index in [1.807, 2.05) is 0 Å². The number of carbonyl (C=O) groups is 1. The maximum absolute atomic E-state index is 12.5. The van der Waals surface area contributed by atoms with Crippen molar-refractivity contribution in [1.82, 2.24) is 0 Å². The van der Waals surface area contributed by atoms with Crippen molar-refractivity contribution in [3.8, 4) is 11.5 Å². The summed E-state index contributed by atoms with van der Waals surface area (Å²) in [5, 5.41) is 28.8. The van der Waals surface area contributed by atoms with E-state index in [-0.39, 0.29) is 23.0 Å². The molecule has 0 saturated heterocycles. The Labute approximate surface area is 145 Å². The fraction of sp³-hybridized carbons (Fsp3) is 0.0952. The lowest BCUT2D eigenvalue weighted by atomic mass is 10.1. The van der Waals surface area contributed by atoms with Gasteiger partial charge in [-0.1, -0.05) is 30.3 Å². The lowest BCUT2D eigenvalue weighted by Gasteiger charge is -1.99. The van der Waals surface area contributed by atoms with Crippen molar-refractivity contribution < 1.29 is 20.1 Å². The summed E-state index contributed by atoms with van der Waals surface area (Å²) in [5.74, 6) is 0.167. The number of ketones is 1. The van der Waals surface area contributed by atoms with E-state index in [1.54, 1.807) is 60.7 Å². The van der Waals surface area contributed by atoms with E-state index in [4.69, 9.17) is 0 Å². The monoisotopic (exact) mass is 334 g/mol. The number of carbonyl (C=O) groups excluding carboxylic acids is 1. The lowest BCUT2D eigenvalue weighted by molar-refractivity contribution is -0.111. The number of phenols is 2. The molecule has 0 bridgehead atoms. The van der Waals surface area contributed by atoms with Crippen molar-refractivity contribution in [1.29, 1.82) is 0 Å². The Hall–Kier alpha value is -3.27. The van der Waals surface area contributed by atoms with Gasteiger partial charge in [0.15, 0.2) is 5.78 Å². The van der Waals surface area contributed by atoms with E-state index in [9.17, 15) is 20.1 Å². The molecule has 0 aromatic heterocycles. The Morgan fingerprint density at radius 3 is 2.00 bits per heavy atom. The molecule has 2 aromatic carbocycles. The average Bonchev–Trinajstić information content (AvgIpc) is 2.97. The first-order valence-corrected chi connectivity index (χ1v) is 7.96. The number of Topliss-reactive ketones (excluding diaryl/α,β-unsaturated/α-hetero) is 1. The summed E-state index contributed by atoms with van der Waals surface area (Å²) in [6.45, 7) is 0. The lowest BCUT2D eigenvalue weighted by Crippen LogP contribution is -1.98. The molecule has 0 atom stereocenters. The fourth-order valence-corrected chi connectivity index (χ4v) is 2.70. The van der Waals surface area contributed by atoms with Crippen molar-refractivity contribution >= 4 is 17.9 Å². The topological polar surface area (TPSA) is 77.8 Å². The number of aliphatic hydroxyl groups excluding tert-OH is 1. The molecule has 1 fully saturated rings. The zero-order valence-corrected chi connectivity index (χ0v) is 13.5. The Morgan fingerprint density at radius 2 is 1.40 bits per heavy atom. The van der Waals surface area contributed by atoms with Crippen LogP contribution in [0, 0.1) is 0 Å². The smallest absolute Gasteiger partial charge is 0.188 e. The highest BCUT2D eigenvalue weighted by molar-refractivity contribution is 6.13. The zero-order valence-electron chi connectivity index (χ0n) is 13.5. The molecule has 3 N–H and O–H groups in total.